The number of nitrogens with one attached hydrogen (secondary N) is 1. The third-order valence-corrected chi connectivity index (χ3v) is 7.56. The first-order valence-corrected chi connectivity index (χ1v) is 11.9. The molecule has 1 aliphatic rings. The van der Waals surface area contributed by atoms with Gasteiger partial charge in [0, 0.05) is 26.2 Å². The van der Waals surface area contributed by atoms with Crippen LogP contribution in [0.15, 0.2) is 29.3 Å². The molecule has 0 amide bonds. The van der Waals surface area contributed by atoms with Crippen molar-refractivity contribution in [1.29, 1.82) is 0 Å². The Kier molecular flexibility index (Phi) is 10.9. The van der Waals surface area contributed by atoms with Gasteiger partial charge in [-0.15, -0.1) is 24.0 Å². The molecule has 172 valence electrons. The molecule has 0 atom stereocenters. The van der Waals surface area contributed by atoms with Crippen LogP contribution in [0.25, 0.3) is 0 Å². The molecule has 0 aromatic heterocycles. The second kappa shape index (κ2) is 12.1. The fourth-order valence-corrected chi connectivity index (χ4v) is 4.54. The summed E-state index contributed by atoms with van der Waals surface area (Å²) in [6.45, 7) is 9.49. The van der Waals surface area contributed by atoms with Gasteiger partial charge in [0.2, 0.25) is 0 Å². The van der Waals surface area contributed by atoms with Crippen molar-refractivity contribution in [3.8, 4) is 5.75 Å². The number of guanidine groups is 1. The van der Waals surface area contributed by atoms with Crippen LogP contribution in [-0.4, -0.2) is 81.6 Å². The number of ether oxygens (including phenoxy) is 1. The molecule has 1 fully saturated rings. The van der Waals surface area contributed by atoms with Crippen LogP contribution in [0.3, 0.4) is 0 Å². The van der Waals surface area contributed by atoms with E-state index in [2.05, 4.69) is 24.3 Å². The lowest BCUT2D eigenvalue weighted by Gasteiger charge is -2.39. The molecule has 7 nitrogen and oxygen atoms in total. The highest BCUT2D eigenvalue weighted by Gasteiger charge is 2.40. The maximum Gasteiger partial charge on any atom is 0.194 e. The largest absolute Gasteiger partial charge is 0.494 e. The fraction of sp³-hybridized carbons (Fsp3) is 0.667. The van der Waals surface area contributed by atoms with Gasteiger partial charge in [0.25, 0.3) is 0 Å². The van der Waals surface area contributed by atoms with E-state index < -0.39 is 14.6 Å². The monoisotopic (exact) mass is 552 g/mol. The molecule has 1 aromatic carbocycles. The van der Waals surface area contributed by atoms with Crippen molar-refractivity contribution in [3.63, 3.8) is 0 Å². The van der Waals surface area contributed by atoms with E-state index in [0.717, 1.165) is 36.8 Å². The van der Waals surface area contributed by atoms with Crippen LogP contribution in [0, 0.1) is 0 Å². The number of nitrogens with zero attached hydrogens (tertiary/aromatic N) is 3. The molecular formula is C21H37IN4O3S. The number of rotatable bonds is 8. The lowest BCUT2D eigenvalue weighted by atomic mass is 10.2. The van der Waals surface area contributed by atoms with Gasteiger partial charge in [-0.3, -0.25) is 0 Å². The first kappa shape index (κ1) is 27.0. The zero-order valence-electron chi connectivity index (χ0n) is 18.8. The van der Waals surface area contributed by atoms with E-state index in [1.54, 1.807) is 13.8 Å². The Morgan fingerprint density at radius 1 is 1.27 bits per heavy atom. The number of sulfone groups is 1. The molecule has 0 unspecified atom stereocenters. The normalized spacial score (nSPS) is 18.1. The van der Waals surface area contributed by atoms with Gasteiger partial charge in [0.05, 0.1) is 23.7 Å². The quantitative estimate of drug-likeness (QED) is 0.232. The summed E-state index contributed by atoms with van der Waals surface area (Å²) >= 11 is 0. The van der Waals surface area contributed by atoms with Gasteiger partial charge in [-0.25, -0.2) is 13.4 Å². The van der Waals surface area contributed by atoms with E-state index in [0.29, 0.717) is 26.2 Å². The van der Waals surface area contributed by atoms with Crippen LogP contribution in [0.2, 0.25) is 0 Å². The Balaban J connectivity index is 0.00000450. The van der Waals surface area contributed by atoms with Gasteiger partial charge in [0.1, 0.15) is 5.75 Å². The Morgan fingerprint density at radius 2 is 1.93 bits per heavy atom. The van der Waals surface area contributed by atoms with Crippen molar-refractivity contribution in [3.05, 3.63) is 29.8 Å². The highest BCUT2D eigenvalue weighted by molar-refractivity contribution is 14.0. The Bertz CT molecular complexity index is 780. The highest BCUT2D eigenvalue weighted by atomic mass is 127. The van der Waals surface area contributed by atoms with Crippen molar-refractivity contribution in [2.45, 2.75) is 38.5 Å². The van der Waals surface area contributed by atoms with E-state index in [-0.39, 0.29) is 29.7 Å². The molecule has 0 saturated carbocycles. The third kappa shape index (κ3) is 7.88. The second-order valence-corrected chi connectivity index (χ2v) is 11.1. The van der Waals surface area contributed by atoms with Crippen LogP contribution >= 0.6 is 24.0 Å². The van der Waals surface area contributed by atoms with E-state index in [4.69, 9.17) is 9.73 Å². The topological polar surface area (TPSA) is 74.2 Å². The molecule has 1 heterocycles. The van der Waals surface area contributed by atoms with E-state index in [1.807, 2.05) is 36.1 Å². The molecule has 0 spiro atoms. The van der Waals surface area contributed by atoms with E-state index in [1.165, 1.54) is 0 Å². The van der Waals surface area contributed by atoms with Crippen LogP contribution in [-0.2, 0) is 16.4 Å². The molecule has 1 N–H and O–H groups in total. The molecule has 0 radical (unpaired) electrons. The molecule has 1 saturated heterocycles. The van der Waals surface area contributed by atoms with Crippen molar-refractivity contribution >= 4 is 39.8 Å². The molecule has 30 heavy (non-hydrogen) atoms. The summed E-state index contributed by atoms with van der Waals surface area (Å²) in [5, 5.41) is 3.29. The van der Waals surface area contributed by atoms with Crippen LogP contribution in [0.5, 0.6) is 5.75 Å². The summed E-state index contributed by atoms with van der Waals surface area (Å²) in [5.74, 6) is 1.79. The van der Waals surface area contributed by atoms with Crippen molar-refractivity contribution in [2.24, 2.45) is 4.99 Å². The Morgan fingerprint density at radius 3 is 2.50 bits per heavy atom. The molecule has 1 aromatic rings. The first-order chi connectivity index (χ1) is 13.6. The first-order valence-electron chi connectivity index (χ1n) is 10.3. The van der Waals surface area contributed by atoms with E-state index in [9.17, 15) is 8.42 Å². The summed E-state index contributed by atoms with van der Waals surface area (Å²) in [6.07, 6.45) is 0.993. The van der Waals surface area contributed by atoms with Gasteiger partial charge in [-0.05, 0) is 59.0 Å². The maximum absolute atomic E-state index is 12.3. The molecule has 1 aliphatic heterocycles. The van der Waals surface area contributed by atoms with Crippen LogP contribution in [0.1, 0.15) is 32.8 Å². The smallest absolute Gasteiger partial charge is 0.194 e. The lowest BCUT2D eigenvalue weighted by Crippen LogP contribution is -2.57. The minimum Gasteiger partial charge on any atom is -0.494 e. The SMILES string of the molecule is CCNC(=NCc1ccc(OCCCN(C)C)cc1)N1CCS(=O)(=O)C(C)(C)C1.I. The van der Waals surface area contributed by atoms with Gasteiger partial charge in [-0.2, -0.15) is 0 Å². The van der Waals surface area contributed by atoms with Crippen LogP contribution < -0.4 is 10.1 Å². The number of hydrogen-bond acceptors (Lipinski definition) is 5. The third-order valence-electron chi connectivity index (χ3n) is 5.03. The average Bonchev–Trinajstić information content (AvgIpc) is 2.65. The van der Waals surface area contributed by atoms with Gasteiger partial charge >= 0.3 is 0 Å². The summed E-state index contributed by atoms with van der Waals surface area (Å²) < 4.78 is 29.5. The molecule has 0 aliphatic carbocycles. The maximum atomic E-state index is 12.3. The minimum absolute atomic E-state index is 0. The summed E-state index contributed by atoms with van der Waals surface area (Å²) in [4.78, 5) is 8.93. The highest BCUT2D eigenvalue weighted by Crippen LogP contribution is 2.24. The molecule has 0 bridgehead atoms. The minimum atomic E-state index is -3.07. The zero-order valence-corrected chi connectivity index (χ0v) is 22.0. The van der Waals surface area contributed by atoms with Gasteiger partial charge in [0.15, 0.2) is 15.8 Å². The predicted octanol–water partition coefficient (Wildman–Crippen LogP) is 2.61. The van der Waals surface area contributed by atoms with Gasteiger partial charge < -0.3 is 19.9 Å². The molecule has 2 rings (SSSR count). The summed E-state index contributed by atoms with van der Waals surface area (Å²) in [7, 11) is 1.04. The molecule has 9 heteroatoms. The van der Waals surface area contributed by atoms with Crippen molar-refractivity contribution in [2.75, 3.05) is 52.6 Å². The average molecular weight is 553 g/mol. The fourth-order valence-electron chi connectivity index (χ4n) is 3.18. The zero-order chi connectivity index (χ0) is 21.5. The van der Waals surface area contributed by atoms with Gasteiger partial charge in [-0.1, -0.05) is 12.1 Å². The van der Waals surface area contributed by atoms with Crippen molar-refractivity contribution in [1.82, 2.24) is 15.1 Å². The predicted molar refractivity (Wildman–Crippen MR) is 135 cm³/mol. The molecular weight excluding hydrogens is 515 g/mol. The second-order valence-electron chi connectivity index (χ2n) is 8.32. The summed E-state index contributed by atoms with van der Waals surface area (Å²) in [5.41, 5.74) is 1.09. The van der Waals surface area contributed by atoms with Crippen molar-refractivity contribution < 1.29 is 13.2 Å². The van der Waals surface area contributed by atoms with Crippen LogP contribution in [0.4, 0.5) is 0 Å². The standard InChI is InChI=1S/C21H36N4O3S.HI/c1-6-22-20(25-13-15-29(26,27)21(2,3)17-25)23-16-18-8-10-19(11-9-18)28-14-7-12-24(4)5;/h8-11H,6-7,12-17H2,1-5H3,(H,22,23);1H. The number of aliphatic imine (C=N–C) groups is 1. The summed E-state index contributed by atoms with van der Waals surface area (Å²) in [6, 6.07) is 8.01. The Hall–Kier alpha value is -1.07. The lowest BCUT2D eigenvalue weighted by molar-refractivity contribution is 0.281. The van der Waals surface area contributed by atoms with E-state index >= 15 is 0 Å². The Labute approximate surface area is 199 Å². The number of halogens is 1. The number of hydrogen-bond donors (Lipinski definition) is 1. The number of benzene rings is 1.